The molecule has 0 atom stereocenters. The molecular weight excluding hydrogens is 326 g/mol. The molecule has 4 nitrogen and oxygen atoms in total. The molecule has 3 rings (SSSR count). The van der Waals surface area contributed by atoms with E-state index in [1.54, 1.807) is 0 Å². The highest BCUT2D eigenvalue weighted by Gasteiger charge is 2.18. The summed E-state index contributed by atoms with van der Waals surface area (Å²) in [4.78, 5) is 12.2. The number of fused-ring (bicyclic) bond motifs is 1. The van der Waals surface area contributed by atoms with E-state index in [4.69, 9.17) is 9.47 Å². The average molecular weight is 349 g/mol. The average Bonchev–Trinajstić information content (AvgIpc) is 2.91. The minimum absolute atomic E-state index is 0.412. The molecule has 0 N–H and O–H groups in total. The van der Waals surface area contributed by atoms with Crippen LogP contribution in [0.1, 0.15) is 22.4 Å². The van der Waals surface area contributed by atoms with Gasteiger partial charge in [-0.2, -0.15) is 0 Å². The largest absolute Gasteiger partial charge is 0.503 e. The van der Waals surface area contributed by atoms with E-state index in [1.165, 1.54) is 42.6 Å². The summed E-state index contributed by atoms with van der Waals surface area (Å²) in [7, 11) is 2.90. The van der Waals surface area contributed by atoms with Crippen LogP contribution in [0, 0.1) is 13.8 Å². The molecule has 26 heavy (non-hydrogen) atoms. The van der Waals surface area contributed by atoms with Gasteiger partial charge in [0.05, 0.1) is 20.5 Å². The second-order valence-corrected chi connectivity index (χ2v) is 6.23. The first kappa shape index (κ1) is 17.8. The van der Waals surface area contributed by atoms with Crippen molar-refractivity contribution in [2.24, 2.45) is 0 Å². The van der Waals surface area contributed by atoms with Gasteiger partial charge in [0.25, 0.3) is 0 Å². The van der Waals surface area contributed by atoms with E-state index < -0.39 is 5.97 Å². The molecule has 0 unspecified atom stereocenters. The van der Waals surface area contributed by atoms with E-state index >= 15 is 0 Å². The quantitative estimate of drug-likeness (QED) is 0.388. The molecule has 0 aliphatic rings. The van der Waals surface area contributed by atoms with E-state index in [9.17, 15) is 4.79 Å². The van der Waals surface area contributed by atoms with E-state index in [0.717, 1.165) is 11.1 Å². The highest BCUT2D eigenvalue weighted by Crippen LogP contribution is 2.28. The van der Waals surface area contributed by atoms with Crippen molar-refractivity contribution < 1.29 is 14.3 Å². The standard InChI is InChI=1S/C22H23NO3/c1-15-16(2)23(21-12-8-7-10-18(15)21)13-17-9-5-6-11-19(17)20(14-25-3)22(24)26-4/h5-12,14H,13H2,1-4H3. The molecular formula is C22H23NO3. The van der Waals surface area contributed by atoms with Crippen molar-refractivity contribution >= 4 is 22.4 Å². The van der Waals surface area contributed by atoms with E-state index in [2.05, 4.69) is 36.6 Å². The number of hydrogen-bond acceptors (Lipinski definition) is 3. The van der Waals surface area contributed by atoms with Gasteiger partial charge in [-0.3, -0.25) is 0 Å². The van der Waals surface area contributed by atoms with Crippen LogP contribution in [-0.4, -0.2) is 24.8 Å². The number of carbonyl (C=O) groups is 1. The van der Waals surface area contributed by atoms with Crippen molar-refractivity contribution in [2.45, 2.75) is 20.4 Å². The van der Waals surface area contributed by atoms with Gasteiger partial charge in [-0.15, -0.1) is 0 Å². The normalized spacial score (nSPS) is 11.6. The Hall–Kier alpha value is -3.01. The summed E-state index contributed by atoms with van der Waals surface area (Å²) >= 11 is 0. The molecule has 0 saturated carbocycles. The van der Waals surface area contributed by atoms with Gasteiger partial charge in [0.2, 0.25) is 0 Å². The molecule has 4 heteroatoms. The molecule has 0 aliphatic carbocycles. The van der Waals surface area contributed by atoms with Crippen molar-refractivity contribution in [2.75, 3.05) is 14.2 Å². The number of benzene rings is 2. The van der Waals surface area contributed by atoms with Crippen LogP contribution in [0.5, 0.6) is 0 Å². The summed E-state index contributed by atoms with van der Waals surface area (Å²) in [5, 5.41) is 1.25. The Morgan fingerprint density at radius 2 is 1.73 bits per heavy atom. The van der Waals surface area contributed by atoms with E-state index in [1.807, 2.05) is 30.3 Å². The number of hydrogen-bond donors (Lipinski definition) is 0. The number of rotatable bonds is 5. The number of esters is 1. The van der Waals surface area contributed by atoms with Crippen LogP contribution in [0.2, 0.25) is 0 Å². The van der Waals surface area contributed by atoms with Gasteiger partial charge >= 0.3 is 5.97 Å². The Labute approximate surface area is 153 Å². The SMILES string of the molecule is COC=C(C(=O)OC)c1ccccc1Cn1c(C)c(C)c2ccccc21. The van der Waals surface area contributed by atoms with Gasteiger partial charge in [0.1, 0.15) is 5.57 Å². The highest BCUT2D eigenvalue weighted by atomic mass is 16.5. The maximum atomic E-state index is 12.2. The van der Waals surface area contributed by atoms with Gasteiger partial charge in [-0.1, -0.05) is 42.5 Å². The Kier molecular flexibility index (Phi) is 5.12. The van der Waals surface area contributed by atoms with Gasteiger partial charge in [-0.25, -0.2) is 4.79 Å². The Morgan fingerprint density at radius 1 is 1.04 bits per heavy atom. The fraction of sp³-hybridized carbons (Fsp3) is 0.227. The lowest BCUT2D eigenvalue weighted by Crippen LogP contribution is -2.09. The van der Waals surface area contributed by atoms with Crippen LogP contribution in [-0.2, 0) is 20.8 Å². The topological polar surface area (TPSA) is 40.5 Å². The third-order valence-corrected chi connectivity index (χ3v) is 4.82. The fourth-order valence-electron chi connectivity index (χ4n) is 3.35. The van der Waals surface area contributed by atoms with Gasteiger partial charge in [-0.05, 0) is 36.6 Å². The highest BCUT2D eigenvalue weighted by molar-refractivity contribution is 6.16. The summed E-state index contributed by atoms with van der Waals surface area (Å²) < 4.78 is 12.3. The Morgan fingerprint density at radius 3 is 2.46 bits per heavy atom. The summed E-state index contributed by atoms with van der Waals surface area (Å²) in [6.07, 6.45) is 1.44. The third kappa shape index (κ3) is 3.10. The lowest BCUT2D eigenvalue weighted by Gasteiger charge is -2.14. The van der Waals surface area contributed by atoms with E-state index in [0.29, 0.717) is 12.1 Å². The lowest BCUT2D eigenvalue weighted by atomic mass is 10.0. The van der Waals surface area contributed by atoms with Gasteiger partial charge in [0, 0.05) is 23.1 Å². The number of para-hydroxylation sites is 1. The van der Waals surface area contributed by atoms with Crippen LogP contribution >= 0.6 is 0 Å². The predicted octanol–water partition coefficient (Wildman–Crippen LogP) is 4.47. The summed E-state index contributed by atoms with van der Waals surface area (Å²) in [5.74, 6) is -0.412. The first-order valence-electron chi connectivity index (χ1n) is 8.52. The monoisotopic (exact) mass is 349 g/mol. The summed E-state index contributed by atoms with van der Waals surface area (Å²) in [6.45, 7) is 4.93. The number of nitrogens with zero attached hydrogens (tertiary/aromatic N) is 1. The molecule has 0 fully saturated rings. The Balaban J connectivity index is 2.12. The molecule has 0 bridgehead atoms. The van der Waals surface area contributed by atoms with Crippen molar-refractivity contribution in [3.8, 4) is 0 Å². The molecule has 0 amide bonds. The van der Waals surface area contributed by atoms with Crippen LogP contribution in [0.4, 0.5) is 0 Å². The Bertz CT molecular complexity index is 982. The first-order valence-corrected chi connectivity index (χ1v) is 8.52. The minimum atomic E-state index is -0.412. The van der Waals surface area contributed by atoms with E-state index in [-0.39, 0.29) is 0 Å². The van der Waals surface area contributed by atoms with Crippen LogP contribution in [0.25, 0.3) is 16.5 Å². The minimum Gasteiger partial charge on any atom is -0.503 e. The summed E-state index contributed by atoms with van der Waals surface area (Å²) in [6, 6.07) is 16.2. The van der Waals surface area contributed by atoms with Crippen LogP contribution < -0.4 is 0 Å². The number of ether oxygens (including phenoxy) is 2. The number of methoxy groups -OCH3 is 2. The third-order valence-electron chi connectivity index (χ3n) is 4.82. The number of aryl methyl sites for hydroxylation is 1. The second-order valence-electron chi connectivity index (χ2n) is 6.23. The van der Waals surface area contributed by atoms with Crippen molar-refractivity contribution in [3.63, 3.8) is 0 Å². The molecule has 1 heterocycles. The molecule has 3 aromatic rings. The lowest BCUT2D eigenvalue weighted by molar-refractivity contribution is -0.133. The molecule has 0 spiro atoms. The zero-order valence-electron chi connectivity index (χ0n) is 15.6. The zero-order chi connectivity index (χ0) is 18.7. The maximum Gasteiger partial charge on any atom is 0.341 e. The van der Waals surface area contributed by atoms with Gasteiger partial charge < -0.3 is 14.0 Å². The number of aromatic nitrogens is 1. The molecule has 1 aromatic heterocycles. The smallest absolute Gasteiger partial charge is 0.341 e. The molecule has 0 radical (unpaired) electrons. The second kappa shape index (κ2) is 7.48. The predicted molar refractivity (Wildman–Crippen MR) is 104 cm³/mol. The van der Waals surface area contributed by atoms with Crippen molar-refractivity contribution in [3.05, 3.63) is 77.2 Å². The van der Waals surface area contributed by atoms with Crippen LogP contribution in [0.15, 0.2) is 54.8 Å². The molecule has 0 aliphatic heterocycles. The van der Waals surface area contributed by atoms with Crippen molar-refractivity contribution in [1.82, 2.24) is 4.57 Å². The maximum absolute atomic E-state index is 12.2. The van der Waals surface area contributed by atoms with Gasteiger partial charge in [0.15, 0.2) is 0 Å². The van der Waals surface area contributed by atoms with Crippen LogP contribution in [0.3, 0.4) is 0 Å². The summed E-state index contributed by atoms with van der Waals surface area (Å²) in [5.41, 5.74) is 5.94. The molecule has 0 saturated heterocycles. The zero-order valence-corrected chi connectivity index (χ0v) is 15.6. The fourth-order valence-corrected chi connectivity index (χ4v) is 3.35. The molecule has 2 aromatic carbocycles. The first-order chi connectivity index (χ1) is 12.6. The van der Waals surface area contributed by atoms with Crippen molar-refractivity contribution in [1.29, 1.82) is 0 Å². The number of carbonyl (C=O) groups excluding carboxylic acids is 1. The molecule has 134 valence electrons.